The number of benzene rings is 2. The number of hydrogen-bond acceptors (Lipinski definition) is 3. The van der Waals surface area contributed by atoms with E-state index in [0.717, 1.165) is 10.5 Å². The second kappa shape index (κ2) is 7.46. The fourth-order valence-electron chi connectivity index (χ4n) is 1.63. The van der Waals surface area contributed by atoms with Crippen LogP contribution in [-0.2, 0) is 11.3 Å². The third-order valence-corrected chi connectivity index (χ3v) is 3.77. The molecule has 0 aliphatic rings. The Kier molecular flexibility index (Phi) is 5.35. The predicted molar refractivity (Wildman–Crippen MR) is 80.1 cm³/mol. The van der Waals surface area contributed by atoms with Gasteiger partial charge in [-0.15, -0.1) is 11.8 Å². The fourth-order valence-corrected chi connectivity index (χ4v) is 2.36. The van der Waals surface area contributed by atoms with Gasteiger partial charge in [0.2, 0.25) is 5.91 Å². The van der Waals surface area contributed by atoms with E-state index >= 15 is 0 Å². The third kappa shape index (κ3) is 4.93. The van der Waals surface area contributed by atoms with E-state index in [2.05, 4.69) is 5.32 Å². The summed E-state index contributed by atoms with van der Waals surface area (Å²) in [6.07, 6.45) is 0. The van der Waals surface area contributed by atoms with Crippen molar-refractivity contribution in [1.82, 2.24) is 5.32 Å². The first-order chi connectivity index (χ1) is 10.2. The molecule has 5 heteroatoms. The highest BCUT2D eigenvalue weighted by atomic mass is 32.2. The number of carbonyl (C=O) groups is 1. The van der Waals surface area contributed by atoms with E-state index in [9.17, 15) is 9.18 Å². The number of nitriles is 1. The van der Waals surface area contributed by atoms with Crippen molar-refractivity contribution in [3.8, 4) is 6.07 Å². The molecule has 2 rings (SSSR count). The number of thioether (sulfide) groups is 1. The maximum absolute atomic E-state index is 12.7. The molecule has 21 heavy (non-hydrogen) atoms. The van der Waals surface area contributed by atoms with Crippen molar-refractivity contribution >= 4 is 17.7 Å². The minimum absolute atomic E-state index is 0.0892. The van der Waals surface area contributed by atoms with E-state index in [1.807, 2.05) is 18.2 Å². The first-order valence-corrected chi connectivity index (χ1v) is 7.30. The number of carbonyl (C=O) groups excluding carboxylic acids is 1. The van der Waals surface area contributed by atoms with Crippen LogP contribution in [0.4, 0.5) is 4.39 Å². The lowest BCUT2D eigenvalue weighted by Gasteiger charge is -2.05. The number of halogens is 1. The summed E-state index contributed by atoms with van der Waals surface area (Å²) >= 11 is 1.36. The van der Waals surface area contributed by atoms with Gasteiger partial charge in [0.1, 0.15) is 5.82 Å². The Morgan fingerprint density at radius 1 is 1.14 bits per heavy atom. The molecule has 1 amide bonds. The summed E-state index contributed by atoms with van der Waals surface area (Å²) in [7, 11) is 0. The molecule has 0 unspecified atom stereocenters. The number of hydrogen-bond donors (Lipinski definition) is 1. The van der Waals surface area contributed by atoms with E-state index in [1.54, 1.807) is 24.3 Å². The van der Waals surface area contributed by atoms with Crippen LogP contribution < -0.4 is 5.32 Å². The molecule has 2 aromatic rings. The van der Waals surface area contributed by atoms with E-state index in [-0.39, 0.29) is 17.5 Å². The molecular formula is C16H13FN2OS. The molecule has 2 aromatic carbocycles. The van der Waals surface area contributed by atoms with Crippen molar-refractivity contribution in [2.24, 2.45) is 0 Å². The van der Waals surface area contributed by atoms with Crippen LogP contribution in [0.25, 0.3) is 0 Å². The Hall–Kier alpha value is -2.32. The van der Waals surface area contributed by atoms with Crippen LogP contribution in [-0.4, -0.2) is 11.7 Å². The van der Waals surface area contributed by atoms with Crippen LogP contribution in [0.5, 0.6) is 0 Å². The van der Waals surface area contributed by atoms with Crippen LogP contribution >= 0.6 is 11.8 Å². The normalized spacial score (nSPS) is 9.90. The molecule has 1 N–H and O–H groups in total. The number of nitrogens with zero attached hydrogens (tertiary/aromatic N) is 1. The molecule has 0 saturated heterocycles. The maximum atomic E-state index is 12.7. The summed E-state index contributed by atoms with van der Waals surface area (Å²) in [5.41, 5.74) is 1.53. The van der Waals surface area contributed by atoms with E-state index < -0.39 is 0 Å². The van der Waals surface area contributed by atoms with Gasteiger partial charge in [-0.2, -0.15) is 5.26 Å². The van der Waals surface area contributed by atoms with Crippen molar-refractivity contribution in [2.75, 3.05) is 5.75 Å². The maximum Gasteiger partial charge on any atom is 0.230 e. The van der Waals surface area contributed by atoms with Crippen LogP contribution in [0.3, 0.4) is 0 Å². The van der Waals surface area contributed by atoms with Crippen molar-refractivity contribution < 1.29 is 9.18 Å². The molecule has 0 aromatic heterocycles. The van der Waals surface area contributed by atoms with Gasteiger partial charge in [-0.3, -0.25) is 4.79 Å². The van der Waals surface area contributed by atoms with Gasteiger partial charge in [-0.25, -0.2) is 4.39 Å². The summed E-state index contributed by atoms with van der Waals surface area (Å²) in [6.45, 7) is 0.425. The Labute approximate surface area is 126 Å². The third-order valence-electron chi connectivity index (χ3n) is 2.76. The van der Waals surface area contributed by atoms with Gasteiger partial charge >= 0.3 is 0 Å². The van der Waals surface area contributed by atoms with Crippen LogP contribution in [0.1, 0.15) is 11.1 Å². The Balaban J connectivity index is 1.76. The number of rotatable bonds is 5. The lowest BCUT2D eigenvalue weighted by atomic mass is 10.1. The minimum Gasteiger partial charge on any atom is -0.351 e. The number of nitrogens with one attached hydrogen (secondary N) is 1. The molecule has 0 bridgehead atoms. The van der Waals surface area contributed by atoms with E-state index in [0.29, 0.717) is 12.1 Å². The lowest BCUT2D eigenvalue weighted by molar-refractivity contribution is -0.118. The van der Waals surface area contributed by atoms with Gasteiger partial charge in [0.15, 0.2) is 0 Å². The summed E-state index contributed by atoms with van der Waals surface area (Å²) in [6, 6.07) is 15.1. The van der Waals surface area contributed by atoms with E-state index in [1.165, 1.54) is 23.9 Å². The first-order valence-electron chi connectivity index (χ1n) is 6.31. The first kappa shape index (κ1) is 15.1. The van der Waals surface area contributed by atoms with Crippen molar-refractivity contribution in [3.05, 3.63) is 65.5 Å². The van der Waals surface area contributed by atoms with Gasteiger partial charge in [0.05, 0.1) is 17.4 Å². The average Bonchev–Trinajstić information content (AvgIpc) is 2.53. The zero-order valence-electron chi connectivity index (χ0n) is 11.2. The van der Waals surface area contributed by atoms with E-state index in [4.69, 9.17) is 5.26 Å². The molecule has 0 atom stereocenters. The monoisotopic (exact) mass is 300 g/mol. The van der Waals surface area contributed by atoms with Gasteiger partial charge in [0, 0.05) is 11.4 Å². The molecule has 106 valence electrons. The number of amides is 1. The molecular weight excluding hydrogens is 287 g/mol. The SMILES string of the molecule is N#Cc1ccc(CNC(=O)CSc2ccc(F)cc2)cc1. The molecule has 0 spiro atoms. The summed E-state index contributed by atoms with van der Waals surface area (Å²) in [5, 5.41) is 11.5. The molecule has 3 nitrogen and oxygen atoms in total. The minimum atomic E-state index is -0.287. The largest absolute Gasteiger partial charge is 0.351 e. The Morgan fingerprint density at radius 2 is 1.81 bits per heavy atom. The molecule has 0 saturated carbocycles. The summed E-state index contributed by atoms with van der Waals surface area (Å²) in [4.78, 5) is 12.6. The fraction of sp³-hybridized carbons (Fsp3) is 0.125. The average molecular weight is 300 g/mol. The van der Waals surface area contributed by atoms with Crippen LogP contribution in [0.2, 0.25) is 0 Å². The quantitative estimate of drug-likeness (QED) is 0.863. The summed E-state index contributed by atoms with van der Waals surface area (Å²) < 4.78 is 12.7. The van der Waals surface area contributed by atoms with Gasteiger partial charge in [-0.1, -0.05) is 12.1 Å². The predicted octanol–water partition coefficient (Wildman–Crippen LogP) is 3.11. The molecule has 0 fully saturated rings. The molecule has 0 aliphatic carbocycles. The standard InChI is InChI=1S/C16H13FN2OS/c17-14-5-7-15(8-6-14)21-11-16(20)19-10-13-3-1-12(9-18)2-4-13/h1-8H,10-11H2,(H,19,20). The van der Waals surface area contributed by atoms with Crippen LogP contribution in [0, 0.1) is 17.1 Å². The molecule has 0 heterocycles. The highest BCUT2D eigenvalue weighted by Crippen LogP contribution is 2.17. The van der Waals surface area contributed by atoms with Gasteiger partial charge < -0.3 is 5.32 Å². The van der Waals surface area contributed by atoms with Crippen LogP contribution in [0.15, 0.2) is 53.4 Å². The second-order valence-corrected chi connectivity index (χ2v) is 5.38. The molecule has 0 radical (unpaired) electrons. The Morgan fingerprint density at radius 3 is 2.43 bits per heavy atom. The summed E-state index contributed by atoms with van der Waals surface area (Å²) in [5.74, 6) is -0.0969. The Bertz CT molecular complexity index is 647. The zero-order chi connectivity index (χ0) is 15.1. The van der Waals surface area contributed by atoms with Crippen molar-refractivity contribution in [1.29, 1.82) is 5.26 Å². The highest BCUT2D eigenvalue weighted by molar-refractivity contribution is 8.00. The van der Waals surface area contributed by atoms with Gasteiger partial charge in [-0.05, 0) is 42.0 Å². The zero-order valence-corrected chi connectivity index (χ0v) is 12.0. The molecule has 0 aliphatic heterocycles. The second-order valence-electron chi connectivity index (χ2n) is 4.33. The smallest absolute Gasteiger partial charge is 0.230 e. The van der Waals surface area contributed by atoms with Crippen molar-refractivity contribution in [3.63, 3.8) is 0 Å². The topological polar surface area (TPSA) is 52.9 Å². The van der Waals surface area contributed by atoms with Crippen molar-refractivity contribution in [2.45, 2.75) is 11.4 Å². The highest BCUT2D eigenvalue weighted by Gasteiger charge is 2.03. The van der Waals surface area contributed by atoms with Gasteiger partial charge in [0.25, 0.3) is 0 Å². The lowest BCUT2D eigenvalue weighted by Crippen LogP contribution is -2.24.